The third-order valence-electron chi connectivity index (χ3n) is 4.61. The van der Waals surface area contributed by atoms with E-state index in [0.717, 1.165) is 10.5 Å². The van der Waals surface area contributed by atoms with E-state index in [1.54, 1.807) is 24.3 Å². The molecular weight excluding hydrogens is 330 g/mol. The number of nitrogens with zero attached hydrogens (tertiary/aromatic N) is 1. The van der Waals surface area contributed by atoms with Gasteiger partial charge in [-0.05, 0) is 31.0 Å². The van der Waals surface area contributed by atoms with Gasteiger partial charge in [0.15, 0.2) is 0 Å². The fourth-order valence-corrected chi connectivity index (χ4v) is 3.11. The van der Waals surface area contributed by atoms with Gasteiger partial charge in [-0.2, -0.15) is 0 Å². The topological polar surface area (TPSA) is 78.5 Å². The van der Waals surface area contributed by atoms with Crippen LogP contribution in [0.25, 0.3) is 0 Å². The molecule has 26 heavy (non-hydrogen) atoms. The van der Waals surface area contributed by atoms with Crippen molar-refractivity contribution in [2.24, 2.45) is 0 Å². The van der Waals surface area contributed by atoms with Crippen molar-refractivity contribution in [3.63, 3.8) is 0 Å². The predicted molar refractivity (Wildman–Crippen MR) is 98.5 cm³/mol. The number of amides is 4. The average Bonchev–Trinajstić information content (AvgIpc) is 2.89. The third kappa shape index (κ3) is 3.18. The number of nitrogens with one attached hydrogen (secondary N) is 2. The van der Waals surface area contributed by atoms with E-state index in [1.807, 2.05) is 44.2 Å². The van der Waals surface area contributed by atoms with Crippen molar-refractivity contribution in [1.82, 2.24) is 10.2 Å². The zero-order chi connectivity index (χ0) is 18.7. The van der Waals surface area contributed by atoms with Gasteiger partial charge in [-0.15, -0.1) is 0 Å². The van der Waals surface area contributed by atoms with Crippen LogP contribution in [0.15, 0.2) is 54.6 Å². The minimum atomic E-state index is -1.12. The largest absolute Gasteiger partial charge is 0.325 e. The highest BCUT2D eigenvalue weighted by molar-refractivity contribution is 6.10. The first-order valence-electron chi connectivity index (χ1n) is 8.52. The molecule has 4 amide bonds. The van der Waals surface area contributed by atoms with Crippen LogP contribution in [0.2, 0.25) is 0 Å². The molecule has 2 N–H and O–H groups in total. The van der Waals surface area contributed by atoms with Crippen molar-refractivity contribution in [2.75, 3.05) is 11.9 Å². The molecule has 1 saturated heterocycles. The van der Waals surface area contributed by atoms with Crippen molar-refractivity contribution in [1.29, 1.82) is 0 Å². The molecule has 134 valence electrons. The average molecular weight is 351 g/mol. The van der Waals surface area contributed by atoms with Crippen molar-refractivity contribution >= 4 is 23.5 Å². The Labute approximate surface area is 152 Å². The zero-order valence-electron chi connectivity index (χ0n) is 14.8. The van der Waals surface area contributed by atoms with Gasteiger partial charge in [-0.3, -0.25) is 14.5 Å². The predicted octanol–water partition coefficient (Wildman–Crippen LogP) is 2.79. The maximum atomic E-state index is 13.0. The van der Waals surface area contributed by atoms with E-state index in [9.17, 15) is 14.4 Å². The van der Waals surface area contributed by atoms with Crippen LogP contribution < -0.4 is 10.6 Å². The number of benzene rings is 2. The maximum Gasteiger partial charge on any atom is 0.325 e. The van der Waals surface area contributed by atoms with Crippen LogP contribution >= 0.6 is 0 Å². The Hall–Kier alpha value is -3.15. The summed E-state index contributed by atoms with van der Waals surface area (Å²) in [7, 11) is 0. The first-order valence-corrected chi connectivity index (χ1v) is 8.52. The Morgan fingerprint density at radius 2 is 1.73 bits per heavy atom. The van der Waals surface area contributed by atoms with Crippen molar-refractivity contribution in [2.45, 2.75) is 25.8 Å². The van der Waals surface area contributed by atoms with Gasteiger partial charge in [0, 0.05) is 5.69 Å². The molecule has 0 aliphatic carbocycles. The minimum Gasteiger partial charge on any atom is -0.325 e. The molecule has 0 bridgehead atoms. The molecule has 1 heterocycles. The summed E-state index contributed by atoms with van der Waals surface area (Å²) in [6.07, 6.45) is 0.400. The molecular formula is C20H21N3O3. The van der Waals surface area contributed by atoms with Crippen LogP contribution in [0.1, 0.15) is 24.5 Å². The molecule has 0 saturated carbocycles. The van der Waals surface area contributed by atoms with Crippen LogP contribution in [0.4, 0.5) is 10.5 Å². The number of urea groups is 1. The first kappa shape index (κ1) is 17.7. The van der Waals surface area contributed by atoms with Gasteiger partial charge in [0.1, 0.15) is 12.1 Å². The van der Waals surface area contributed by atoms with Crippen molar-refractivity contribution < 1.29 is 14.4 Å². The summed E-state index contributed by atoms with van der Waals surface area (Å²) in [5.74, 6) is -0.826. The molecule has 0 spiro atoms. The molecule has 2 aromatic carbocycles. The third-order valence-corrected chi connectivity index (χ3v) is 4.61. The highest BCUT2D eigenvalue weighted by Crippen LogP contribution is 2.32. The summed E-state index contributed by atoms with van der Waals surface area (Å²) in [6, 6.07) is 15.8. The summed E-state index contributed by atoms with van der Waals surface area (Å²) in [5.41, 5.74) is 1.29. The molecule has 1 atom stereocenters. The van der Waals surface area contributed by atoms with Gasteiger partial charge in [0.05, 0.1) is 0 Å². The molecule has 1 fully saturated rings. The van der Waals surface area contributed by atoms with Crippen LogP contribution in [-0.2, 0) is 15.1 Å². The molecule has 0 radical (unpaired) electrons. The normalized spacial score (nSPS) is 19.4. The molecule has 2 aromatic rings. The van der Waals surface area contributed by atoms with Gasteiger partial charge in [-0.25, -0.2) is 4.79 Å². The Morgan fingerprint density at radius 1 is 1.08 bits per heavy atom. The lowest BCUT2D eigenvalue weighted by Crippen LogP contribution is -2.44. The SMILES string of the molecule is CC[C@]1(c2ccccc2)NC(=O)N(CC(=O)Nc2ccc(C)cc2)C1=O. The zero-order valence-corrected chi connectivity index (χ0v) is 14.8. The highest BCUT2D eigenvalue weighted by Gasteiger charge is 2.51. The van der Waals surface area contributed by atoms with Gasteiger partial charge in [0.2, 0.25) is 5.91 Å². The number of hydrogen-bond donors (Lipinski definition) is 2. The number of anilines is 1. The van der Waals surface area contributed by atoms with Crippen LogP contribution in [0.5, 0.6) is 0 Å². The van der Waals surface area contributed by atoms with Crippen LogP contribution in [0, 0.1) is 6.92 Å². The lowest BCUT2D eigenvalue weighted by Gasteiger charge is -2.25. The lowest BCUT2D eigenvalue weighted by molar-refractivity contribution is -0.134. The molecule has 1 aliphatic heterocycles. The number of aryl methyl sites for hydroxylation is 1. The molecule has 1 aliphatic rings. The fraction of sp³-hybridized carbons (Fsp3) is 0.250. The fourth-order valence-electron chi connectivity index (χ4n) is 3.11. The van der Waals surface area contributed by atoms with Crippen molar-refractivity contribution in [3.05, 3.63) is 65.7 Å². The molecule has 0 aromatic heterocycles. The van der Waals surface area contributed by atoms with Crippen LogP contribution in [0.3, 0.4) is 0 Å². The van der Waals surface area contributed by atoms with E-state index < -0.39 is 23.4 Å². The maximum absolute atomic E-state index is 13.0. The molecule has 0 unspecified atom stereocenters. The number of carbonyl (C=O) groups is 3. The van der Waals surface area contributed by atoms with Gasteiger partial charge in [-0.1, -0.05) is 55.0 Å². The lowest BCUT2D eigenvalue weighted by atomic mass is 9.87. The standard InChI is InChI=1S/C20H21N3O3/c1-3-20(15-7-5-4-6-8-15)18(25)23(19(26)22-20)13-17(24)21-16-11-9-14(2)10-12-16/h4-12H,3,13H2,1-2H3,(H,21,24)(H,22,26)/t20-/m1/s1. The summed E-state index contributed by atoms with van der Waals surface area (Å²) < 4.78 is 0. The van der Waals surface area contributed by atoms with E-state index >= 15 is 0 Å². The quantitative estimate of drug-likeness (QED) is 0.813. The Bertz CT molecular complexity index is 833. The summed E-state index contributed by atoms with van der Waals surface area (Å²) in [6.45, 7) is 3.46. The van der Waals surface area contributed by atoms with Gasteiger partial charge in [0.25, 0.3) is 5.91 Å². The van der Waals surface area contributed by atoms with E-state index in [-0.39, 0.29) is 6.54 Å². The Balaban J connectivity index is 1.76. The number of imide groups is 1. The van der Waals surface area contributed by atoms with Crippen LogP contribution in [-0.4, -0.2) is 29.3 Å². The molecule has 3 rings (SSSR count). The summed E-state index contributed by atoms with van der Waals surface area (Å²) >= 11 is 0. The van der Waals surface area contributed by atoms with Crippen molar-refractivity contribution in [3.8, 4) is 0 Å². The number of rotatable bonds is 5. The second-order valence-electron chi connectivity index (χ2n) is 6.36. The minimum absolute atomic E-state index is 0.326. The van der Waals surface area contributed by atoms with Gasteiger partial charge >= 0.3 is 6.03 Å². The second kappa shape index (κ2) is 7.00. The molecule has 6 heteroatoms. The highest BCUT2D eigenvalue weighted by atomic mass is 16.2. The molecule has 6 nitrogen and oxygen atoms in total. The Kier molecular flexibility index (Phi) is 4.75. The first-order chi connectivity index (χ1) is 12.5. The van der Waals surface area contributed by atoms with E-state index in [1.165, 1.54) is 0 Å². The second-order valence-corrected chi connectivity index (χ2v) is 6.36. The van der Waals surface area contributed by atoms with E-state index in [4.69, 9.17) is 0 Å². The Morgan fingerprint density at radius 3 is 2.35 bits per heavy atom. The monoisotopic (exact) mass is 351 g/mol. The summed E-state index contributed by atoms with van der Waals surface area (Å²) in [5, 5.41) is 5.48. The van der Waals surface area contributed by atoms with E-state index in [0.29, 0.717) is 17.7 Å². The number of hydrogen-bond acceptors (Lipinski definition) is 3. The van der Waals surface area contributed by atoms with E-state index in [2.05, 4.69) is 10.6 Å². The number of carbonyl (C=O) groups excluding carboxylic acids is 3. The smallest absolute Gasteiger partial charge is 0.325 e. The van der Waals surface area contributed by atoms with Gasteiger partial charge < -0.3 is 10.6 Å². The summed E-state index contributed by atoms with van der Waals surface area (Å²) in [4.78, 5) is 38.6.